The third-order valence-electron chi connectivity index (χ3n) is 5.53. The van der Waals surface area contributed by atoms with Gasteiger partial charge in [-0.05, 0) is 41.5 Å². The third-order valence-corrected chi connectivity index (χ3v) is 7.20. The first-order chi connectivity index (χ1) is 18.5. The zero-order chi connectivity index (χ0) is 27.8. The van der Waals surface area contributed by atoms with E-state index in [1.807, 2.05) is 42.5 Å². The summed E-state index contributed by atoms with van der Waals surface area (Å²) in [6, 6.07) is 17.8. The van der Waals surface area contributed by atoms with Gasteiger partial charge in [0.15, 0.2) is 5.75 Å². The van der Waals surface area contributed by atoms with E-state index >= 15 is 0 Å². The van der Waals surface area contributed by atoms with E-state index in [1.165, 1.54) is 0 Å². The van der Waals surface area contributed by atoms with Gasteiger partial charge in [0.05, 0.1) is 22.3 Å². The highest BCUT2D eigenvalue weighted by molar-refractivity contribution is 7.84. The number of alkyl halides is 3. The van der Waals surface area contributed by atoms with Crippen molar-refractivity contribution in [2.24, 2.45) is 0 Å². The van der Waals surface area contributed by atoms with Crippen LogP contribution in [0.5, 0.6) is 0 Å². The molecular weight excluding hydrogens is 557 g/mol. The van der Waals surface area contributed by atoms with Gasteiger partial charge in [-0.15, -0.1) is 21.5 Å². The fourth-order valence-corrected chi connectivity index (χ4v) is 5.23. The molecule has 2 aromatic heterocycles. The van der Waals surface area contributed by atoms with Gasteiger partial charge in [0.25, 0.3) is 16.0 Å². The number of thiazole rings is 1. The number of nitrogens with one attached hydrogen (secondary N) is 1. The number of fused-ring (bicyclic) bond motifs is 1. The summed E-state index contributed by atoms with van der Waals surface area (Å²) in [6.07, 6.45) is -4.64. The zero-order valence-corrected chi connectivity index (χ0v) is 21.3. The standard InChI is InChI=1S/C25H17F3N4O5S2/c26-25(27,28)16-7-8-17(23(33)29-12-21-31-32-22(37-21)13-39(34,35)36)18(11-16)24-30-19-9-6-15(10-20(19)38-24)14-4-2-1-3-5-14/h1-11H,12-13H2,(H,29,33)(H,34,35,36). The average Bonchev–Trinajstić information content (AvgIpc) is 3.52. The molecule has 2 heterocycles. The Bertz CT molecular complexity index is 1780. The molecule has 0 saturated carbocycles. The molecule has 0 saturated heterocycles. The van der Waals surface area contributed by atoms with Crippen molar-refractivity contribution in [3.63, 3.8) is 0 Å². The summed E-state index contributed by atoms with van der Waals surface area (Å²) in [5.41, 5.74) is 1.42. The zero-order valence-electron chi connectivity index (χ0n) is 19.6. The van der Waals surface area contributed by atoms with E-state index in [0.717, 1.165) is 45.4 Å². The van der Waals surface area contributed by atoms with Gasteiger partial charge in [0.1, 0.15) is 5.01 Å². The van der Waals surface area contributed by atoms with Gasteiger partial charge >= 0.3 is 6.18 Å². The summed E-state index contributed by atoms with van der Waals surface area (Å²) in [7, 11) is -4.40. The maximum Gasteiger partial charge on any atom is 0.416 e. The predicted molar refractivity (Wildman–Crippen MR) is 136 cm³/mol. The van der Waals surface area contributed by atoms with Crippen LogP contribution < -0.4 is 5.32 Å². The van der Waals surface area contributed by atoms with Crippen molar-refractivity contribution in [3.05, 3.63) is 89.6 Å². The van der Waals surface area contributed by atoms with Crippen LogP contribution in [0, 0.1) is 0 Å². The molecule has 0 aliphatic heterocycles. The first kappa shape index (κ1) is 26.5. The average molecular weight is 575 g/mol. The second kappa shape index (κ2) is 10.2. The van der Waals surface area contributed by atoms with E-state index < -0.39 is 33.5 Å². The molecule has 14 heteroatoms. The van der Waals surface area contributed by atoms with Gasteiger partial charge in [0.2, 0.25) is 11.8 Å². The summed E-state index contributed by atoms with van der Waals surface area (Å²) in [6.45, 7) is -0.335. The number of rotatable bonds is 7. The monoisotopic (exact) mass is 574 g/mol. The molecule has 0 aliphatic rings. The predicted octanol–water partition coefficient (Wildman–Crippen LogP) is 5.35. The molecule has 200 valence electrons. The van der Waals surface area contributed by atoms with Crippen LogP contribution in [0.1, 0.15) is 27.7 Å². The minimum atomic E-state index is -4.64. The van der Waals surface area contributed by atoms with Crippen LogP contribution >= 0.6 is 11.3 Å². The van der Waals surface area contributed by atoms with Crippen LogP contribution in [-0.4, -0.2) is 34.1 Å². The fourth-order valence-electron chi connectivity index (χ4n) is 3.77. The second-order valence-electron chi connectivity index (χ2n) is 8.32. The maximum absolute atomic E-state index is 13.5. The van der Waals surface area contributed by atoms with Crippen molar-refractivity contribution in [3.8, 4) is 21.7 Å². The molecule has 0 unspecified atom stereocenters. The minimum Gasteiger partial charge on any atom is -0.422 e. The Kier molecular flexibility index (Phi) is 6.92. The topological polar surface area (TPSA) is 135 Å². The molecule has 0 atom stereocenters. The lowest BCUT2D eigenvalue weighted by Crippen LogP contribution is -2.24. The van der Waals surface area contributed by atoms with Crippen molar-refractivity contribution in [2.75, 3.05) is 0 Å². The maximum atomic E-state index is 13.5. The fraction of sp³-hybridized carbons (Fsp3) is 0.120. The number of nitrogens with zero attached hydrogens (tertiary/aromatic N) is 3. The summed E-state index contributed by atoms with van der Waals surface area (Å²) in [5, 5.41) is 9.75. The molecular formula is C25H17F3N4O5S2. The first-order valence-corrected chi connectivity index (χ1v) is 13.6. The molecule has 0 radical (unpaired) electrons. The second-order valence-corrected chi connectivity index (χ2v) is 10.8. The van der Waals surface area contributed by atoms with Gasteiger partial charge < -0.3 is 9.73 Å². The number of halogens is 3. The number of carbonyl (C=O) groups excluding carboxylic acids is 1. The Labute approximate surface area is 223 Å². The van der Waals surface area contributed by atoms with Gasteiger partial charge in [-0.3, -0.25) is 9.35 Å². The Morgan fingerprint density at radius 3 is 2.44 bits per heavy atom. The Hall–Kier alpha value is -4.14. The van der Waals surface area contributed by atoms with Crippen LogP contribution in [0.3, 0.4) is 0 Å². The van der Waals surface area contributed by atoms with E-state index in [9.17, 15) is 26.4 Å². The summed E-state index contributed by atoms with van der Waals surface area (Å²) in [4.78, 5) is 17.5. The van der Waals surface area contributed by atoms with E-state index in [0.29, 0.717) is 5.52 Å². The molecule has 39 heavy (non-hydrogen) atoms. The van der Waals surface area contributed by atoms with Gasteiger partial charge in [0, 0.05) is 11.1 Å². The lowest BCUT2D eigenvalue weighted by atomic mass is 10.0. The SMILES string of the molecule is O=C(NCc1nnc(CS(=O)(=O)O)o1)c1ccc(C(F)(F)F)cc1-c1nc2ccc(-c3ccccc3)cc2s1. The van der Waals surface area contributed by atoms with Crippen LogP contribution in [0.15, 0.2) is 71.1 Å². The van der Waals surface area contributed by atoms with E-state index in [4.69, 9.17) is 8.97 Å². The van der Waals surface area contributed by atoms with Gasteiger partial charge in [-0.1, -0.05) is 36.4 Å². The molecule has 0 fully saturated rings. The van der Waals surface area contributed by atoms with Crippen LogP contribution in [0.2, 0.25) is 0 Å². The number of hydrogen-bond donors (Lipinski definition) is 2. The smallest absolute Gasteiger partial charge is 0.416 e. The lowest BCUT2D eigenvalue weighted by molar-refractivity contribution is -0.137. The highest BCUT2D eigenvalue weighted by atomic mass is 32.2. The van der Waals surface area contributed by atoms with E-state index in [-0.39, 0.29) is 34.5 Å². The molecule has 1 amide bonds. The van der Waals surface area contributed by atoms with Crippen LogP contribution in [-0.2, 0) is 28.6 Å². The molecule has 9 nitrogen and oxygen atoms in total. The van der Waals surface area contributed by atoms with Crippen LogP contribution in [0.4, 0.5) is 13.2 Å². The quantitative estimate of drug-likeness (QED) is 0.249. The minimum absolute atomic E-state index is 0.0117. The largest absolute Gasteiger partial charge is 0.422 e. The molecule has 0 aliphatic carbocycles. The van der Waals surface area contributed by atoms with Gasteiger partial charge in [-0.2, -0.15) is 21.6 Å². The number of hydrogen-bond acceptors (Lipinski definition) is 8. The number of carbonyl (C=O) groups is 1. The van der Waals surface area contributed by atoms with Gasteiger partial charge in [-0.25, -0.2) is 4.98 Å². The Balaban J connectivity index is 1.47. The van der Waals surface area contributed by atoms with E-state index in [2.05, 4.69) is 20.5 Å². The Morgan fingerprint density at radius 1 is 0.974 bits per heavy atom. The normalized spacial score (nSPS) is 12.1. The summed E-state index contributed by atoms with van der Waals surface area (Å²) >= 11 is 1.15. The molecule has 5 aromatic rings. The molecule has 3 aromatic carbocycles. The number of benzene rings is 3. The molecule has 2 N–H and O–H groups in total. The molecule has 5 rings (SSSR count). The first-order valence-electron chi connectivity index (χ1n) is 11.2. The Morgan fingerprint density at radius 2 is 1.72 bits per heavy atom. The highest BCUT2D eigenvalue weighted by Crippen LogP contribution is 2.38. The van der Waals surface area contributed by atoms with Crippen molar-refractivity contribution >= 4 is 37.6 Å². The summed E-state index contributed by atoms with van der Waals surface area (Å²) < 4.78 is 77.2. The molecule has 0 spiro atoms. The van der Waals surface area contributed by atoms with Crippen molar-refractivity contribution in [1.29, 1.82) is 0 Å². The molecule has 0 bridgehead atoms. The number of amides is 1. The lowest BCUT2D eigenvalue weighted by Gasteiger charge is -2.12. The number of aromatic nitrogens is 3. The van der Waals surface area contributed by atoms with Crippen molar-refractivity contribution < 1.29 is 35.4 Å². The third kappa shape index (κ3) is 6.13. The van der Waals surface area contributed by atoms with Crippen LogP contribution in [0.25, 0.3) is 31.9 Å². The van der Waals surface area contributed by atoms with Crippen molar-refractivity contribution in [2.45, 2.75) is 18.5 Å². The summed E-state index contributed by atoms with van der Waals surface area (Å²) in [5.74, 6) is -2.19. The highest BCUT2D eigenvalue weighted by Gasteiger charge is 2.32. The van der Waals surface area contributed by atoms with E-state index in [1.54, 1.807) is 6.07 Å². The van der Waals surface area contributed by atoms with Crippen molar-refractivity contribution in [1.82, 2.24) is 20.5 Å².